The van der Waals surface area contributed by atoms with Crippen LogP contribution in [0.5, 0.6) is 23.0 Å². The highest BCUT2D eigenvalue weighted by Crippen LogP contribution is 2.24. The Morgan fingerprint density at radius 1 is 0.470 bits per heavy atom. The van der Waals surface area contributed by atoms with Crippen LogP contribution in [-0.2, 0) is 109 Å². The summed E-state index contributed by atoms with van der Waals surface area (Å²) in [4.78, 5) is 242. The van der Waals surface area contributed by atoms with Gasteiger partial charge in [-0.1, -0.05) is 76.2 Å². The number of benzene rings is 4. The molecule has 2 saturated heterocycles. The Kier molecular flexibility index (Phi) is 42.3. The number of fused-ring (bicyclic) bond motifs is 1. The molecular weight excluding hydrogens is 1780 g/mol. The van der Waals surface area contributed by atoms with Crippen LogP contribution in [0.15, 0.2) is 110 Å². The molecule has 30 N–H and O–H groups in total. The molecular formula is C87H121N23O22S2. The lowest BCUT2D eigenvalue weighted by Crippen LogP contribution is -2.62. The lowest BCUT2D eigenvalue weighted by atomic mass is 9.99. The number of aliphatic hydroxyl groups is 1. The van der Waals surface area contributed by atoms with Crippen LogP contribution in [0.1, 0.15) is 120 Å². The molecule has 0 unspecified atom stereocenters. The number of carbonyl (C=O) groups is 16. The van der Waals surface area contributed by atoms with Crippen molar-refractivity contribution in [1.29, 1.82) is 10.8 Å². The summed E-state index contributed by atoms with van der Waals surface area (Å²) in [5.74, 6) is -21.5. The van der Waals surface area contributed by atoms with Crippen LogP contribution in [-0.4, -0.2) is 280 Å². The number of thiol groups is 1. The highest BCUT2D eigenvalue weighted by atomic mass is 32.2. The zero-order valence-corrected chi connectivity index (χ0v) is 76.3. The number of phenolic OH excluding ortho intramolecular Hbond substituents is 4. The summed E-state index contributed by atoms with van der Waals surface area (Å²) < 4.78 is 0. The Balaban J connectivity index is 1.31. The fourth-order valence-corrected chi connectivity index (χ4v) is 15.7. The highest BCUT2D eigenvalue weighted by molar-refractivity contribution is 8.00. The van der Waals surface area contributed by atoms with Gasteiger partial charge >= 0.3 is 5.97 Å². The molecule has 5 aromatic rings. The minimum atomic E-state index is -2.11. The Morgan fingerprint density at radius 3 is 1.25 bits per heavy atom. The maximum atomic E-state index is 15.3. The molecule has 15 amide bonds. The molecule has 3 heterocycles. The first-order chi connectivity index (χ1) is 63.5. The first kappa shape index (κ1) is 107. The van der Waals surface area contributed by atoms with E-state index in [0.29, 0.717) is 11.1 Å². The highest BCUT2D eigenvalue weighted by Gasteiger charge is 2.43. The van der Waals surface area contributed by atoms with Gasteiger partial charge in [0, 0.05) is 75.1 Å². The van der Waals surface area contributed by atoms with Gasteiger partial charge in [-0.05, 0) is 141 Å². The van der Waals surface area contributed by atoms with Crippen LogP contribution in [0, 0.1) is 22.7 Å². The number of aliphatic hydroxyl groups excluding tert-OH is 1. The third-order valence-electron chi connectivity index (χ3n) is 21.5. The van der Waals surface area contributed by atoms with Crippen molar-refractivity contribution in [2.45, 2.75) is 215 Å². The molecule has 4 aromatic carbocycles. The molecule has 728 valence electrons. The smallest absolute Gasteiger partial charge is 0.305 e. The van der Waals surface area contributed by atoms with E-state index in [1.165, 1.54) is 114 Å². The first-order valence-electron chi connectivity index (χ1n) is 43.4. The topological polar surface area (TPSA) is 733 Å². The average molecular weight is 1910 g/mol. The molecule has 134 heavy (non-hydrogen) atoms. The monoisotopic (exact) mass is 1900 g/mol. The van der Waals surface area contributed by atoms with Gasteiger partial charge in [0.25, 0.3) is 0 Å². The Labute approximate surface area is 781 Å². The zero-order chi connectivity index (χ0) is 98.6. The van der Waals surface area contributed by atoms with Crippen molar-refractivity contribution in [3.8, 4) is 23.0 Å². The van der Waals surface area contributed by atoms with Crippen LogP contribution >= 0.6 is 24.4 Å². The molecule has 0 saturated carbocycles. The third kappa shape index (κ3) is 35.6. The van der Waals surface area contributed by atoms with E-state index in [-0.39, 0.29) is 130 Å². The molecule has 2 aliphatic rings. The number of aromatic hydroxyl groups is 4. The number of phenols is 4. The fourth-order valence-electron chi connectivity index (χ4n) is 14.5. The molecule has 15 atom stereocenters. The normalized spacial score (nSPS) is 23.7. The molecule has 47 heteroatoms. The van der Waals surface area contributed by atoms with E-state index in [9.17, 15) is 78.6 Å². The van der Waals surface area contributed by atoms with Crippen molar-refractivity contribution in [1.82, 2.24) is 94.6 Å². The number of carbonyl (C=O) groups excluding carboxylic acids is 15. The van der Waals surface area contributed by atoms with Crippen molar-refractivity contribution in [2.75, 3.05) is 36.9 Å². The number of aliphatic carboxylic acids is 1. The Hall–Kier alpha value is -14.0. The lowest BCUT2D eigenvalue weighted by Gasteiger charge is -2.32. The van der Waals surface area contributed by atoms with Crippen LogP contribution < -0.4 is 97.0 Å². The number of rotatable bonds is 27. The van der Waals surface area contributed by atoms with Crippen LogP contribution in [0.3, 0.4) is 0 Å². The van der Waals surface area contributed by atoms with E-state index in [0.717, 1.165) is 18.7 Å². The van der Waals surface area contributed by atoms with Gasteiger partial charge in [0.1, 0.15) is 108 Å². The predicted octanol–water partition coefficient (Wildman–Crippen LogP) is -4.33. The van der Waals surface area contributed by atoms with E-state index in [1.807, 2.05) is 0 Å². The van der Waals surface area contributed by atoms with E-state index in [1.54, 1.807) is 27.7 Å². The van der Waals surface area contributed by atoms with Crippen molar-refractivity contribution < 1.29 is 107 Å². The number of primary amides is 1. The SMILES string of the molecule is CC(C)C[C@@H]1NC(=O)[C@H](CCCNC(=N)N)NC(=O)[C@H](CS)NC(=O)[C@H](Cc2ccc(O)cc2)NC(=O)CSC[C@@H](C(N)=O)NC(=O)[C@H](Cc2ccc(O)cc2)NC(=O)[C@H]([C@@H](C)O)NC(=O)[C@H](CCCNC(=N)N)NC(=O)[C@H]2CCCN2C(=O)[C@H](CC(C)C)NC(=O)[C@H](Cc2cnc[nH]2)NC(=O)[C@H](Cc2ccc(O)cc2)NC(=O)[C@H](CC(=O)O)NC(=O)[C@H](Cc2ccc(O)cc2)NC1=O. The number of nitrogens with zero attached hydrogens (tertiary/aromatic N) is 2. The van der Waals surface area contributed by atoms with E-state index < -0.39 is 246 Å². The lowest BCUT2D eigenvalue weighted by molar-refractivity contribution is -0.143. The number of aromatic nitrogens is 2. The second kappa shape index (κ2) is 52.9. The maximum absolute atomic E-state index is 15.3. The van der Waals surface area contributed by atoms with Crippen molar-refractivity contribution in [3.63, 3.8) is 0 Å². The third-order valence-corrected chi connectivity index (χ3v) is 22.9. The number of carboxylic acid groups (broad SMARTS) is 1. The molecule has 0 aliphatic carbocycles. The van der Waals surface area contributed by atoms with Crippen molar-refractivity contribution >= 4 is 131 Å². The van der Waals surface area contributed by atoms with Gasteiger partial charge in [-0.3, -0.25) is 87.5 Å². The summed E-state index contributed by atoms with van der Waals surface area (Å²) >= 11 is 5.09. The van der Waals surface area contributed by atoms with Gasteiger partial charge in [0.15, 0.2) is 11.9 Å². The van der Waals surface area contributed by atoms with Gasteiger partial charge in [0.2, 0.25) is 88.6 Å². The van der Waals surface area contributed by atoms with Gasteiger partial charge in [0.05, 0.1) is 24.6 Å². The van der Waals surface area contributed by atoms with Gasteiger partial charge in [-0.15, -0.1) is 11.8 Å². The molecule has 45 nitrogen and oxygen atoms in total. The number of carboxylic acids is 1. The standard InChI is InChI=1S/C87H121N23O22S2/c1-44(2)31-58-75(122)101-61(35-49-16-24-54(114)25-17-49)78(125)104-64(38-70(117)118)81(128)102-60(34-48-14-22-53(113)23-15-48)77(124)103-63(37-51-39-93-43-96-51)80(127)106-65(32-45(3)4)85(132)110-30-8-11-68(110)83(130)99-57(10-7-29-95-87(91)92)74(121)109-71(46(5)111)84(131)105-62(36-50-18-26-55(115)27-19-50)79(126)108-67(72(88)119)41-134-42-69(116)97-59(33-47-12-20-52(112)21-13-47)76(123)107-66(40-133)82(129)98-56(73(120)100-58)9-6-28-94-86(89)90/h12-27,39,43-46,56-68,71,111-115,133H,6-11,28-38,40-42H2,1-5H3,(H2,88,119)(H,93,96)(H,97,116)(H,98,129)(H,99,130)(H,100,120)(H,101,122)(H,102,128)(H,103,124)(H,104,125)(H,105,131)(H,106,127)(H,107,123)(H,108,126)(H,109,121)(H,117,118)(H4,89,90,94)(H4,91,92,95)/t46-,56+,57+,58+,59+,60+,61+,62+,63+,64+,65+,66+,67+,68-,71+/m1/s1. The van der Waals surface area contributed by atoms with E-state index >= 15 is 28.8 Å². The van der Waals surface area contributed by atoms with Gasteiger partial charge in [-0.2, -0.15) is 12.6 Å². The number of amides is 15. The number of hydrogen-bond donors (Lipinski definition) is 28. The average Bonchev–Trinajstić information content (AvgIpc) is 1.77. The molecule has 2 aliphatic heterocycles. The summed E-state index contributed by atoms with van der Waals surface area (Å²) in [6, 6.07) is -2.10. The second-order valence-corrected chi connectivity index (χ2v) is 34.8. The summed E-state index contributed by atoms with van der Waals surface area (Å²) in [7, 11) is 0. The number of imidazole rings is 1. The molecule has 0 bridgehead atoms. The minimum Gasteiger partial charge on any atom is -0.508 e. The number of nitrogens with two attached hydrogens (primary N) is 3. The fraction of sp³-hybridized carbons (Fsp3) is 0.483. The minimum absolute atomic E-state index is 0.000217. The Morgan fingerprint density at radius 2 is 0.828 bits per heavy atom. The number of nitrogens with one attached hydrogen (secondary N) is 18. The quantitative estimate of drug-likeness (QED) is 0.0102. The number of aromatic amines is 1. The molecule has 1 aromatic heterocycles. The zero-order valence-electron chi connectivity index (χ0n) is 74.5. The van der Waals surface area contributed by atoms with Crippen LogP contribution in [0.4, 0.5) is 0 Å². The largest absolute Gasteiger partial charge is 0.508 e. The van der Waals surface area contributed by atoms with Gasteiger partial charge < -0.3 is 137 Å². The molecule has 7 rings (SSSR count). The van der Waals surface area contributed by atoms with Crippen LogP contribution in [0.2, 0.25) is 0 Å². The second-order valence-electron chi connectivity index (χ2n) is 33.4. The number of guanidine groups is 2. The number of hydrogen-bond acceptors (Lipinski definition) is 26. The van der Waals surface area contributed by atoms with Crippen molar-refractivity contribution in [2.24, 2.45) is 29.0 Å². The molecule has 0 radical (unpaired) electrons. The number of thioether (sulfide) groups is 1. The van der Waals surface area contributed by atoms with Crippen LogP contribution in [0.25, 0.3) is 0 Å². The molecule has 0 spiro atoms. The first-order valence-corrected chi connectivity index (χ1v) is 45.2. The Bertz CT molecular complexity index is 4900. The predicted molar refractivity (Wildman–Crippen MR) is 491 cm³/mol. The van der Waals surface area contributed by atoms with Crippen molar-refractivity contribution in [3.05, 3.63) is 138 Å². The van der Waals surface area contributed by atoms with E-state index in [2.05, 4.69) is 102 Å². The number of H-pyrrole nitrogens is 1. The van der Waals surface area contributed by atoms with Gasteiger partial charge in [-0.25, -0.2) is 4.98 Å². The summed E-state index contributed by atoms with van der Waals surface area (Å²) in [6.07, 6.45) is -2.98. The van der Waals surface area contributed by atoms with E-state index in [4.69, 9.17) is 28.0 Å². The summed E-state index contributed by atoms with van der Waals surface area (Å²) in [6.45, 7) is 7.77. The molecule has 2 fully saturated rings. The summed E-state index contributed by atoms with van der Waals surface area (Å²) in [5.41, 5.74) is 18.5. The maximum Gasteiger partial charge on any atom is 0.305 e. The summed E-state index contributed by atoms with van der Waals surface area (Å²) in [5, 5.41) is 117.